The summed E-state index contributed by atoms with van der Waals surface area (Å²) in [7, 11) is 1.79. The number of piperidine rings is 1. The number of pyridine rings is 1. The molecule has 1 fully saturated rings. The minimum atomic E-state index is -1.06. The third-order valence-electron chi connectivity index (χ3n) is 7.35. The smallest absolute Gasteiger partial charge is 0.252 e. The molecule has 2 aliphatic heterocycles. The number of carbonyl (C=O) groups excluding carboxylic acids is 1. The van der Waals surface area contributed by atoms with Gasteiger partial charge in [-0.3, -0.25) is 4.79 Å². The number of ether oxygens (including phenoxy) is 1. The standard InChI is InChI=1S/C28H34N4O3/c1-35-22-9-6-16-32(18-22)26-23(10-5-15-29-26)20-11-13-21(14-12-20)25-24(27(33)31-28(34)30-25)17-19-7-3-2-4-8-19/h2-5,7-8,10-11,15,21-22,28,30,34H,6,9,12-14,16-18H2,1H3,(H,31,33)/t21?,22-,28?/m0/s1. The number of methoxy groups -OCH3 is 1. The van der Waals surface area contributed by atoms with Crippen LogP contribution in [0.2, 0.25) is 0 Å². The second kappa shape index (κ2) is 10.6. The molecule has 1 aromatic carbocycles. The average Bonchev–Trinajstić information content (AvgIpc) is 2.91. The number of anilines is 1. The van der Waals surface area contributed by atoms with Crippen LogP contribution in [0.5, 0.6) is 0 Å². The second-order valence-electron chi connectivity index (χ2n) is 9.60. The Morgan fingerprint density at radius 1 is 1.14 bits per heavy atom. The number of benzene rings is 1. The zero-order chi connectivity index (χ0) is 24.2. The zero-order valence-corrected chi connectivity index (χ0v) is 20.2. The number of hydrogen-bond donors (Lipinski definition) is 3. The van der Waals surface area contributed by atoms with E-state index in [1.165, 1.54) is 11.1 Å². The number of aliphatic hydroxyl groups is 1. The summed E-state index contributed by atoms with van der Waals surface area (Å²) in [5.74, 6) is 0.997. The number of aromatic nitrogens is 1. The Hall–Kier alpha value is -3.16. The lowest BCUT2D eigenvalue weighted by atomic mass is 9.82. The molecule has 35 heavy (non-hydrogen) atoms. The predicted molar refractivity (Wildman–Crippen MR) is 136 cm³/mol. The SMILES string of the molecule is CO[C@H]1CCCN(c2ncccc2C2=CCC(C3=C(Cc4ccccc4)C(=O)NC(O)N3)CC2)C1. The minimum Gasteiger partial charge on any atom is -0.380 e. The highest BCUT2D eigenvalue weighted by atomic mass is 16.5. The van der Waals surface area contributed by atoms with E-state index in [1.807, 2.05) is 42.6 Å². The number of hydrogen-bond acceptors (Lipinski definition) is 6. The van der Waals surface area contributed by atoms with Crippen molar-refractivity contribution in [1.29, 1.82) is 0 Å². The quantitative estimate of drug-likeness (QED) is 0.595. The van der Waals surface area contributed by atoms with Crippen LogP contribution in [0.4, 0.5) is 5.82 Å². The lowest BCUT2D eigenvalue weighted by Crippen LogP contribution is -2.52. The number of nitrogens with one attached hydrogen (secondary N) is 2. The van der Waals surface area contributed by atoms with Crippen molar-refractivity contribution in [2.75, 3.05) is 25.1 Å². The van der Waals surface area contributed by atoms with Crippen molar-refractivity contribution in [3.8, 4) is 0 Å². The van der Waals surface area contributed by atoms with E-state index in [4.69, 9.17) is 9.72 Å². The van der Waals surface area contributed by atoms with Crippen molar-refractivity contribution in [2.24, 2.45) is 5.92 Å². The van der Waals surface area contributed by atoms with Crippen LogP contribution in [0.3, 0.4) is 0 Å². The first kappa shape index (κ1) is 23.6. The summed E-state index contributed by atoms with van der Waals surface area (Å²) in [6, 6.07) is 14.2. The van der Waals surface area contributed by atoms with Crippen molar-refractivity contribution in [3.63, 3.8) is 0 Å². The van der Waals surface area contributed by atoms with E-state index >= 15 is 0 Å². The Morgan fingerprint density at radius 2 is 2.00 bits per heavy atom. The van der Waals surface area contributed by atoms with Crippen molar-refractivity contribution in [1.82, 2.24) is 15.6 Å². The Kier molecular flexibility index (Phi) is 7.16. The summed E-state index contributed by atoms with van der Waals surface area (Å²) >= 11 is 0. The fraction of sp³-hybridized carbons (Fsp3) is 0.429. The largest absolute Gasteiger partial charge is 0.380 e. The maximum Gasteiger partial charge on any atom is 0.252 e. The van der Waals surface area contributed by atoms with Gasteiger partial charge in [0.2, 0.25) is 6.35 Å². The molecule has 0 radical (unpaired) electrons. The maximum absolute atomic E-state index is 12.8. The Bertz CT molecular complexity index is 1110. The van der Waals surface area contributed by atoms with Gasteiger partial charge in [-0.25, -0.2) is 4.98 Å². The second-order valence-corrected chi connectivity index (χ2v) is 9.60. The van der Waals surface area contributed by atoms with Crippen LogP contribution in [0.15, 0.2) is 66.0 Å². The number of aliphatic hydroxyl groups excluding tert-OH is 1. The van der Waals surface area contributed by atoms with Crippen molar-refractivity contribution >= 4 is 17.3 Å². The number of nitrogens with zero attached hydrogens (tertiary/aromatic N) is 2. The fourth-order valence-corrected chi connectivity index (χ4v) is 5.51. The van der Waals surface area contributed by atoms with Gasteiger partial charge in [-0.1, -0.05) is 36.4 Å². The van der Waals surface area contributed by atoms with Gasteiger partial charge in [0.05, 0.1) is 6.10 Å². The Balaban J connectivity index is 1.38. The first-order valence-corrected chi connectivity index (χ1v) is 12.6. The van der Waals surface area contributed by atoms with Crippen LogP contribution < -0.4 is 15.5 Å². The normalized spacial score (nSPS) is 25.1. The molecule has 2 unspecified atom stereocenters. The summed E-state index contributed by atoms with van der Waals surface area (Å²) in [6.45, 7) is 1.86. The van der Waals surface area contributed by atoms with Crippen LogP contribution in [0, 0.1) is 5.92 Å². The van der Waals surface area contributed by atoms with E-state index in [1.54, 1.807) is 7.11 Å². The van der Waals surface area contributed by atoms with Gasteiger partial charge in [-0.05, 0) is 55.4 Å². The molecule has 0 bridgehead atoms. The molecule has 3 N–H and O–H groups in total. The molecule has 1 aromatic heterocycles. The van der Waals surface area contributed by atoms with Gasteiger partial charge in [0.1, 0.15) is 5.82 Å². The number of amides is 1. The number of allylic oxidation sites excluding steroid dienone is 3. The van der Waals surface area contributed by atoms with Gasteiger partial charge in [0.15, 0.2) is 0 Å². The fourth-order valence-electron chi connectivity index (χ4n) is 5.51. The van der Waals surface area contributed by atoms with Gasteiger partial charge >= 0.3 is 0 Å². The Morgan fingerprint density at radius 3 is 2.77 bits per heavy atom. The molecule has 0 saturated carbocycles. The van der Waals surface area contributed by atoms with Gasteiger partial charge in [0, 0.05) is 55.6 Å². The van der Waals surface area contributed by atoms with Crippen LogP contribution >= 0.6 is 0 Å². The van der Waals surface area contributed by atoms with Crippen molar-refractivity contribution < 1.29 is 14.6 Å². The maximum atomic E-state index is 12.8. The third-order valence-corrected chi connectivity index (χ3v) is 7.35. The molecule has 1 saturated heterocycles. The predicted octanol–water partition coefficient (Wildman–Crippen LogP) is 3.37. The zero-order valence-electron chi connectivity index (χ0n) is 20.2. The van der Waals surface area contributed by atoms with E-state index in [0.717, 1.165) is 62.3 Å². The third kappa shape index (κ3) is 5.26. The molecule has 3 heterocycles. The van der Waals surface area contributed by atoms with Gasteiger partial charge < -0.3 is 25.4 Å². The van der Waals surface area contributed by atoms with Gasteiger partial charge in [-0.2, -0.15) is 0 Å². The molecule has 1 amide bonds. The van der Waals surface area contributed by atoms with Crippen molar-refractivity contribution in [3.05, 3.63) is 77.1 Å². The number of rotatable bonds is 6. The summed E-state index contributed by atoms with van der Waals surface area (Å²) in [5.41, 5.74) is 5.15. The summed E-state index contributed by atoms with van der Waals surface area (Å²) in [5, 5.41) is 16.0. The Labute approximate surface area is 206 Å². The van der Waals surface area contributed by atoms with E-state index < -0.39 is 6.35 Å². The summed E-state index contributed by atoms with van der Waals surface area (Å²) in [4.78, 5) is 19.9. The summed E-state index contributed by atoms with van der Waals surface area (Å²) < 4.78 is 5.63. The van der Waals surface area contributed by atoms with Crippen LogP contribution in [-0.4, -0.2) is 48.7 Å². The van der Waals surface area contributed by atoms with E-state index in [2.05, 4.69) is 27.7 Å². The molecule has 3 aliphatic rings. The van der Waals surface area contributed by atoms with Crippen LogP contribution in [0.25, 0.3) is 5.57 Å². The van der Waals surface area contributed by atoms with E-state index in [9.17, 15) is 9.90 Å². The molecule has 0 spiro atoms. The first-order valence-electron chi connectivity index (χ1n) is 12.6. The molecule has 184 valence electrons. The molecule has 1 aliphatic carbocycles. The lowest BCUT2D eigenvalue weighted by molar-refractivity contribution is -0.122. The van der Waals surface area contributed by atoms with E-state index in [0.29, 0.717) is 12.0 Å². The monoisotopic (exact) mass is 474 g/mol. The molecule has 5 rings (SSSR count). The molecule has 2 aromatic rings. The molecular formula is C28H34N4O3. The molecule has 7 nitrogen and oxygen atoms in total. The van der Waals surface area contributed by atoms with Crippen molar-refractivity contribution in [2.45, 2.75) is 51.0 Å². The first-order chi connectivity index (χ1) is 17.1. The highest BCUT2D eigenvalue weighted by molar-refractivity contribution is 5.95. The topological polar surface area (TPSA) is 86.7 Å². The molecule has 7 heteroatoms. The van der Waals surface area contributed by atoms with E-state index in [-0.39, 0.29) is 17.9 Å². The number of carbonyl (C=O) groups is 1. The molecular weight excluding hydrogens is 440 g/mol. The molecule has 3 atom stereocenters. The van der Waals surface area contributed by atoms with Crippen LogP contribution in [0.1, 0.15) is 43.2 Å². The minimum absolute atomic E-state index is 0.158. The van der Waals surface area contributed by atoms with Gasteiger partial charge in [0.25, 0.3) is 5.91 Å². The average molecular weight is 475 g/mol. The highest BCUT2D eigenvalue weighted by Crippen LogP contribution is 2.38. The summed E-state index contributed by atoms with van der Waals surface area (Å²) in [6.07, 6.45) is 8.69. The lowest BCUT2D eigenvalue weighted by Gasteiger charge is -2.35. The highest BCUT2D eigenvalue weighted by Gasteiger charge is 2.31. The van der Waals surface area contributed by atoms with Crippen LogP contribution in [-0.2, 0) is 16.0 Å². The van der Waals surface area contributed by atoms with Gasteiger partial charge in [-0.15, -0.1) is 0 Å².